The van der Waals surface area contributed by atoms with Gasteiger partial charge in [-0.2, -0.15) is 0 Å². The predicted molar refractivity (Wildman–Crippen MR) is 83.9 cm³/mol. The first kappa shape index (κ1) is 18.5. The third-order valence-corrected chi connectivity index (χ3v) is 3.93. The lowest BCUT2D eigenvalue weighted by Gasteiger charge is -2.36. The van der Waals surface area contributed by atoms with Crippen molar-refractivity contribution in [2.75, 3.05) is 20.8 Å². The minimum Gasteiger partial charge on any atom is -0.496 e. The number of benzene rings is 1. The number of fused-ring (bicyclic) bond motifs is 1. The number of nitrogens with zero attached hydrogens (tertiary/aromatic N) is 1. The lowest BCUT2D eigenvalue weighted by molar-refractivity contribution is -0.144. The largest absolute Gasteiger partial charge is 0.496 e. The van der Waals surface area contributed by atoms with Crippen LogP contribution in [0, 0.1) is 0 Å². The summed E-state index contributed by atoms with van der Waals surface area (Å²) in [5.41, 5.74) is 1.48. The number of methoxy groups -OCH3 is 2. The van der Waals surface area contributed by atoms with Gasteiger partial charge in [-0.25, -0.2) is 0 Å². The van der Waals surface area contributed by atoms with E-state index in [2.05, 4.69) is 0 Å². The summed E-state index contributed by atoms with van der Waals surface area (Å²) in [6, 6.07) is 2.91. The minimum atomic E-state index is -0.880. The summed E-state index contributed by atoms with van der Waals surface area (Å²) in [4.78, 5) is 13.1. The average Bonchev–Trinajstić information content (AvgIpc) is 2.46. The number of aliphatic hydroxyl groups excluding tert-OH is 1. The zero-order valence-electron chi connectivity index (χ0n) is 12.9. The molecule has 124 valence electrons. The van der Waals surface area contributed by atoms with Crippen molar-refractivity contribution in [1.82, 2.24) is 4.90 Å². The van der Waals surface area contributed by atoms with Crippen molar-refractivity contribution in [1.29, 1.82) is 0 Å². The van der Waals surface area contributed by atoms with E-state index in [4.69, 9.17) is 9.47 Å². The normalized spacial score (nSPS) is 18.8. The van der Waals surface area contributed by atoms with Gasteiger partial charge in [-0.3, -0.25) is 9.69 Å². The molecule has 2 atom stereocenters. The molecular formula is C15H22ClNO5. The molecule has 0 bridgehead atoms. The van der Waals surface area contributed by atoms with Gasteiger partial charge in [0.15, 0.2) is 0 Å². The Bertz CT molecular complexity index is 537. The summed E-state index contributed by atoms with van der Waals surface area (Å²) in [6.07, 6.45) is -0.323. The molecule has 0 saturated carbocycles. The molecule has 1 aromatic carbocycles. The van der Waals surface area contributed by atoms with Crippen LogP contribution in [0.2, 0.25) is 0 Å². The summed E-state index contributed by atoms with van der Waals surface area (Å²) in [5, 5.41) is 19.7. The molecule has 22 heavy (non-hydrogen) atoms. The second kappa shape index (κ2) is 7.67. The van der Waals surface area contributed by atoms with E-state index in [1.165, 1.54) is 0 Å². The Morgan fingerprint density at radius 2 is 1.95 bits per heavy atom. The van der Waals surface area contributed by atoms with Crippen LogP contribution in [0.4, 0.5) is 0 Å². The molecule has 1 aromatic rings. The van der Waals surface area contributed by atoms with Crippen LogP contribution in [0.5, 0.6) is 11.5 Å². The lowest BCUT2D eigenvalue weighted by atomic mass is 9.93. The Balaban J connectivity index is 0.00000242. The molecule has 2 N–H and O–H groups in total. The van der Waals surface area contributed by atoms with Crippen molar-refractivity contribution >= 4 is 18.4 Å². The SMILES string of the molecule is CCC(C(=O)O)N1Cc2c(OC)ccc(OC)c2C(O)C1.Cl. The summed E-state index contributed by atoms with van der Waals surface area (Å²) < 4.78 is 10.6. The number of aliphatic hydroxyl groups is 1. The second-order valence-electron chi connectivity index (χ2n) is 5.07. The topological polar surface area (TPSA) is 79.2 Å². The maximum Gasteiger partial charge on any atom is 0.320 e. The van der Waals surface area contributed by atoms with Gasteiger partial charge in [-0.1, -0.05) is 6.92 Å². The van der Waals surface area contributed by atoms with Crippen LogP contribution in [0.1, 0.15) is 30.6 Å². The molecule has 6 nitrogen and oxygen atoms in total. The summed E-state index contributed by atoms with van der Waals surface area (Å²) in [6.45, 7) is 2.50. The number of carboxylic acid groups (broad SMARTS) is 1. The number of ether oxygens (including phenoxy) is 2. The minimum absolute atomic E-state index is 0. The highest BCUT2D eigenvalue weighted by molar-refractivity contribution is 5.85. The van der Waals surface area contributed by atoms with Crippen molar-refractivity contribution in [3.63, 3.8) is 0 Å². The van der Waals surface area contributed by atoms with E-state index < -0.39 is 18.1 Å². The van der Waals surface area contributed by atoms with E-state index in [0.717, 1.165) is 5.56 Å². The molecule has 1 aliphatic heterocycles. The van der Waals surface area contributed by atoms with Crippen LogP contribution in [-0.4, -0.2) is 47.9 Å². The average molecular weight is 332 g/mol. The number of hydrogen-bond donors (Lipinski definition) is 2. The van der Waals surface area contributed by atoms with Gasteiger partial charge in [-0.05, 0) is 18.6 Å². The maximum atomic E-state index is 11.3. The second-order valence-corrected chi connectivity index (χ2v) is 5.07. The van der Waals surface area contributed by atoms with Crippen molar-refractivity contribution in [2.24, 2.45) is 0 Å². The van der Waals surface area contributed by atoms with E-state index in [9.17, 15) is 15.0 Å². The van der Waals surface area contributed by atoms with E-state index in [0.29, 0.717) is 30.0 Å². The number of rotatable bonds is 5. The third-order valence-electron chi connectivity index (χ3n) is 3.93. The number of halogens is 1. The highest BCUT2D eigenvalue weighted by Gasteiger charge is 2.34. The molecule has 0 saturated heterocycles. The highest BCUT2D eigenvalue weighted by Crippen LogP contribution is 2.40. The van der Waals surface area contributed by atoms with Gasteiger partial charge in [0.1, 0.15) is 17.5 Å². The molecule has 0 amide bonds. The fourth-order valence-electron chi connectivity index (χ4n) is 2.93. The molecule has 0 fully saturated rings. The summed E-state index contributed by atoms with van der Waals surface area (Å²) >= 11 is 0. The van der Waals surface area contributed by atoms with E-state index >= 15 is 0 Å². The van der Waals surface area contributed by atoms with E-state index in [1.54, 1.807) is 31.3 Å². The van der Waals surface area contributed by atoms with Gasteiger partial charge in [0, 0.05) is 24.2 Å². The molecular weight excluding hydrogens is 310 g/mol. The number of hydrogen-bond acceptors (Lipinski definition) is 5. The highest BCUT2D eigenvalue weighted by atomic mass is 35.5. The molecule has 0 aliphatic carbocycles. The molecule has 1 heterocycles. The van der Waals surface area contributed by atoms with Gasteiger partial charge >= 0.3 is 5.97 Å². The fraction of sp³-hybridized carbons (Fsp3) is 0.533. The van der Waals surface area contributed by atoms with E-state index in [1.807, 2.05) is 6.92 Å². The van der Waals surface area contributed by atoms with Crippen LogP contribution < -0.4 is 9.47 Å². The molecule has 0 spiro atoms. The number of aliphatic carboxylic acids is 1. The van der Waals surface area contributed by atoms with E-state index in [-0.39, 0.29) is 19.0 Å². The third kappa shape index (κ3) is 3.29. The zero-order chi connectivity index (χ0) is 15.6. The Kier molecular flexibility index (Phi) is 6.47. The Hall–Kier alpha value is -1.50. The van der Waals surface area contributed by atoms with Crippen LogP contribution in [0.25, 0.3) is 0 Å². The van der Waals surface area contributed by atoms with Crippen LogP contribution in [-0.2, 0) is 11.3 Å². The van der Waals surface area contributed by atoms with Crippen molar-refractivity contribution in [3.8, 4) is 11.5 Å². The molecule has 0 aromatic heterocycles. The Morgan fingerprint density at radius 1 is 1.36 bits per heavy atom. The number of carbonyl (C=O) groups is 1. The molecule has 7 heteroatoms. The first-order chi connectivity index (χ1) is 10.0. The number of carboxylic acids is 1. The van der Waals surface area contributed by atoms with Crippen LogP contribution in [0.15, 0.2) is 12.1 Å². The smallest absolute Gasteiger partial charge is 0.320 e. The molecule has 2 rings (SSSR count). The standard InChI is InChI=1S/C15H21NO5.ClH/c1-4-10(15(18)19)16-7-9-12(20-2)5-6-13(21-3)14(9)11(17)8-16;/h5-6,10-11,17H,4,7-8H2,1-3H3,(H,18,19);1H. The van der Waals surface area contributed by atoms with Crippen LogP contribution >= 0.6 is 12.4 Å². The zero-order valence-corrected chi connectivity index (χ0v) is 13.7. The fourth-order valence-corrected chi connectivity index (χ4v) is 2.93. The predicted octanol–water partition coefficient (Wildman–Crippen LogP) is 1.84. The molecule has 2 unspecified atom stereocenters. The quantitative estimate of drug-likeness (QED) is 0.857. The Labute approximate surface area is 136 Å². The molecule has 0 radical (unpaired) electrons. The van der Waals surface area contributed by atoms with Gasteiger partial charge < -0.3 is 19.7 Å². The lowest BCUT2D eigenvalue weighted by Crippen LogP contribution is -2.45. The number of β-amino-alcohol motifs (C(OH)–C–C–N with tert-alkyl or cyclic N) is 1. The van der Waals surface area contributed by atoms with Crippen molar-refractivity contribution < 1.29 is 24.5 Å². The summed E-state index contributed by atoms with van der Waals surface area (Å²) in [5.74, 6) is 0.353. The first-order valence-electron chi connectivity index (χ1n) is 6.92. The van der Waals surface area contributed by atoms with Crippen LogP contribution in [0.3, 0.4) is 0 Å². The van der Waals surface area contributed by atoms with Gasteiger partial charge in [-0.15, -0.1) is 12.4 Å². The Morgan fingerprint density at radius 3 is 2.45 bits per heavy atom. The van der Waals surface area contributed by atoms with Crippen molar-refractivity contribution in [2.45, 2.75) is 32.0 Å². The first-order valence-corrected chi connectivity index (χ1v) is 6.92. The van der Waals surface area contributed by atoms with Gasteiger partial charge in [0.2, 0.25) is 0 Å². The maximum absolute atomic E-state index is 11.3. The molecule has 1 aliphatic rings. The monoisotopic (exact) mass is 331 g/mol. The van der Waals surface area contributed by atoms with Gasteiger partial charge in [0.05, 0.1) is 20.3 Å². The van der Waals surface area contributed by atoms with Gasteiger partial charge in [0.25, 0.3) is 0 Å². The summed E-state index contributed by atoms with van der Waals surface area (Å²) in [7, 11) is 3.11. The van der Waals surface area contributed by atoms with Crippen molar-refractivity contribution in [3.05, 3.63) is 23.3 Å².